The Morgan fingerprint density at radius 3 is 2.33 bits per heavy atom. The molecule has 5 heteroatoms. The van der Waals surface area contributed by atoms with Crippen LogP contribution in [0.25, 0.3) is 0 Å². The molecular formula is C13H12BrNO2S. The van der Waals surface area contributed by atoms with Crippen molar-refractivity contribution in [3.63, 3.8) is 0 Å². The van der Waals surface area contributed by atoms with E-state index in [0.717, 1.165) is 4.47 Å². The van der Waals surface area contributed by atoms with Gasteiger partial charge in [0.2, 0.25) is 0 Å². The van der Waals surface area contributed by atoms with Crippen molar-refractivity contribution in [1.29, 1.82) is 0 Å². The second-order valence-electron chi connectivity index (χ2n) is 3.96. The van der Waals surface area contributed by atoms with E-state index in [2.05, 4.69) is 15.9 Å². The van der Waals surface area contributed by atoms with Crippen LogP contribution in [-0.2, 0) is 15.6 Å². The van der Waals surface area contributed by atoms with Crippen molar-refractivity contribution in [1.82, 2.24) is 0 Å². The lowest BCUT2D eigenvalue weighted by Gasteiger charge is -2.05. The fourth-order valence-electron chi connectivity index (χ4n) is 1.63. The van der Waals surface area contributed by atoms with Gasteiger partial charge in [0, 0.05) is 10.2 Å². The van der Waals surface area contributed by atoms with Crippen molar-refractivity contribution in [2.24, 2.45) is 0 Å². The van der Waals surface area contributed by atoms with E-state index < -0.39 is 9.84 Å². The highest BCUT2D eigenvalue weighted by molar-refractivity contribution is 9.10. The molecule has 0 unspecified atom stereocenters. The topological polar surface area (TPSA) is 60.2 Å². The maximum Gasteiger partial charge on any atom is 0.182 e. The monoisotopic (exact) mass is 325 g/mol. The largest absolute Gasteiger partial charge is 0.399 e. The van der Waals surface area contributed by atoms with Crippen molar-refractivity contribution in [2.45, 2.75) is 10.6 Å². The summed E-state index contributed by atoms with van der Waals surface area (Å²) in [5.41, 5.74) is 6.90. The van der Waals surface area contributed by atoms with Crippen LogP contribution in [0.15, 0.2) is 57.9 Å². The minimum atomic E-state index is -3.32. The average Bonchev–Trinajstić information content (AvgIpc) is 2.29. The molecule has 94 valence electrons. The zero-order valence-corrected chi connectivity index (χ0v) is 11.9. The number of hydrogen-bond acceptors (Lipinski definition) is 3. The number of anilines is 1. The first kappa shape index (κ1) is 13.1. The van der Waals surface area contributed by atoms with Crippen LogP contribution in [0.1, 0.15) is 5.56 Å². The average molecular weight is 326 g/mol. The summed E-state index contributed by atoms with van der Waals surface area (Å²) in [5.74, 6) is -0.0420. The number of nitrogens with two attached hydrogens (primary N) is 1. The first-order valence-corrected chi connectivity index (χ1v) is 7.75. The van der Waals surface area contributed by atoms with E-state index in [-0.39, 0.29) is 5.75 Å². The smallest absolute Gasteiger partial charge is 0.182 e. The van der Waals surface area contributed by atoms with Crippen molar-refractivity contribution in [3.05, 3.63) is 58.6 Å². The predicted octanol–water partition coefficient (Wildman–Crippen LogP) is 3.01. The molecule has 0 bridgehead atoms. The molecule has 0 amide bonds. The van der Waals surface area contributed by atoms with Crippen molar-refractivity contribution in [3.8, 4) is 0 Å². The Balaban J connectivity index is 2.30. The van der Waals surface area contributed by atoms with E-state index in [1.807, 2.05) is 0 Å². The molecule has 2 N–H and O–H groups in total. The molecular weight excluding hydrogens is 314 g/mol. The van der Waals surface area contributed by atoms with E-state index in [9.17, 15) is 8.42 Å². The van der Waals surface area contributed by atoms with E-state index in [4.69, 9.17) is 5.73 Å². The Kier molecular flexibility index (Phi) is 3.73. The normalized spacial score (nSPS) is 11.4. The first-order chi connectivity index (χ1) is 8.47. The Labute approximate surface area is 115 Å². The molecule has 2 aromatic rings. The van der Waals surface area contributed by atoms with E-state index in [1.165, 1.54) is 0 Å². The minimum Gasteiger partial charge on any atom is -0.399 e. The van der Waals surface area contributed by atoms with Crippen LogP contribution >= 0.6 is 15.9 Å². The number of sulfone groups is 1. The van der Waals surface area contributed by atoms with Gasteiger partial charge >= 0.3 is 0 Å². The summed E-state index contributed by atoms with van der Waals surface area (Å²) in [4.78, 5) is 0.313. The van der Waals surface area contributed by atoms with Crippen LogP contribution in [0.3, 0.4) is 0 Å². The highest BCUT2D eigenvalue weighted by atomic mass is 79.9. The molecule has 0 aliphatic rings. The standard InChI is InChI=1S/C13H12BrNO2S/c14-11-4-6-13(7-5-11)18(16,17)9-10-2-1-3-12(15)8-10/h1-8H,9,15H2. The van der Waals surface area contributed by atoms with Gasteiger partial charge in [0.25, 0.3) is 0 Å². The molecule has 0 spiro atoms. The summed E-state index contributed by atoms with van der Waals surface area (Å²) in [7, 11) is -3.32. The summed E-state index contributed by atoms with van der Waals surface area (Å²) in [5, 5.41) is 0. The second-order valence-corrected chi connectivity index (χ2v) is 6.86. The molecule has 2 aromatic carbocycles. The molecule has 2 rings (SSSR count). The molecule has 0 aromatic heterocycles. The van der Waals surface area contributed by atoms with Gasteiger partial charge in [-0.25, -0.2) is 8.42 Å². The number of benzene rings is 2. The summed E-state index contributed by atoms with van der Waals surface area (Å²) in [6.07, 6.45) is 0. The minimum absolute atomic E-state index is 0.0420. The third-order valence-electron chi connectivity index (χ3n) is 2.48. The van der Waals surface area contributed by atoms with Gasteiger partial charge in [-0.05, 0) is 42.0 Å². The van der Waals surface area contributed by atoms with Crippen LogP contribution in [0.4, 0.5) is 5.69 Å². The summed E-state index contributed by atoms with van der Waals surface area (Å²) in [6, 6.07) is 13.5. The highest BCUT2D eigenvalue weighted by Gasteiger charge is 2.15. The van der Waals surface area contributed by atoms with Gasteiger partial charge < -0.3 is 5.73 Å². The predicted molar refractivity (Wildman–Crippen MR) is 75.9 cm³/mol. The molecule has 0 saturated carbocycles. The maximum atomic E-state index is 12.2. The molecule has 0 heterocycles. The maximum absolute atomic E-state index is 12.2. The van der Waals surface area contributed by atoms with Crippen molar-refractivity contribution < 1.29 is 8.42 Å². The molecule has 3 nitrogen and oxygen atoms in total. The zero-order chi connectivity index (χ0) is 13.2. The van der Waals surface area contributed by atoms with Crippen LogP contribution in [0.5, 0.6) is 0 Å². The Bertz CT molecular complexity index is 651. The van der Waals surface area contributed by atoms with Gasteiger partial charge in [-0.15, -0.1) is 0 Å². The molecule has 0 atom stereocenters. The lowest BCUT2D eigenvalue weighted by atomic mass is 10.2. The summed E-state index contributed by atoms with van der Waals surface area (Å²) in [6.45, 7) is 0. The van der Waals surface area contributed by atoms with Crippen LogP contribution < -0.4 is 5.73 Å². The summed E-state index contributed by atoms with van der Waals surface area (Å²) < 4.78 is 25.2. The number of nitrogen functional groups attached to an aromatic ring is 1. The highest BCUT2D eigenvalue weighted by Crippen LogP contribution is 2.20. The van der Waals surface area contributed by atoms with Gasteiger partial charge in [-0.1, -0.05) is 28.1 Å². The summed E-state index contributed by atoms with van der Waals surface area (Å²) >= 11 is 3.28. The van der Waals surface area contributed by atoms with Crippen LogP contribution in [-0.4, -0.2) is 8.42 Å². The molecule has 0 fully saturated rings. The van der Waals surface area contributed by atoms with Gasteiger partial charge in [-0.3, -0.25) is 0 Å². The molecule has 0 radical (unpaired) electrons. The molecule has 0 saturated heterocycles. The third kappa shape index (κ3) is 3.11. The van der Waals surface area contributed by atoms with E-state index in [1.54, 1.807) is 48.5 Å². The Morgan fingerprint density at radius 1 is 1.06 bits per heavy atom. The van der Waals surface area contributed by atoms with Gasteiger partial charge in [0.1, 0.15) is 0 Å². The fraction of sp³-hybridized carbons (Fsp3) is 0.0769. The second kappa shape index (κ2) is 5.12. The van der Waals surface area contributed by atoms with Gasteiger partial charge in [0.15, 0.2) is 9.84 Å². The van der Waals surface area contributed by atoms with Gasteiger partial charge in [-0.2, -0.15) is 0 Å². The fourth-order valence-corrected chi connectivity index (χ4v) is 3.23. The van der Waals surface area contributed by atoms with Gasteiger partial charge in [0.05, 0.1) is 10.6 Å². The lowest BCUT2D eigenvalue weighted by molar-refractivity contribution is 0.595. The third-order valence-corrected chi connectivity index (χ3v) is 4.71. The number of rotatable bonds is 3. The molecule has 0 aliphatic carbocycles. The lowest BCUT2D eigenvalue weighted by Crippen LogP contribution is -2.05. The quantitative estimate of drug-likeness (QED) is 0.882. The van der Waals surface area contributed by atoms with Crippen molar-refractivity contribution >= 4 is 31.5 Å². The number of hydrogen-bond donors (Lipinski definition) is 1. The van der Waals surface area contributed by atoms with Crippen molar-refractivity contribution in [2.75, 3.05) is 5.73 Å². The van der Waals surface area contributed by atoms with E-state index >= 15 is 0 Å². The Hall–Kier alpha value is -1.33. The molecule has 18 heavy (non-hydrogen) atoms. The van der Waals surface area contributed by atoms with E-state index in [0.29, 0.717) is 16.1 Å². The zero-order valence-electron chi connectivity index (χ0n) is 9.51. The number of halogens is 1. The first-order valence-electron chi connectivity index (χ1n) is 5.30. The SMILES string of the molecule is Nc1cccc(CS(=O)(=O)c2ccc(Br)cc2)c1. The van der Waals surface area contributed by atoms with Crippen LogP contribution in [0, 0.1) is 0 Å². The van der Waals surface area contributed by atoms with Crippen LogP contribution in [0.2, 0.25) is 0 Å². The molecule has 0 aliphatic heterocycles. The Morgan fingerprint density at radius 2 is 1.72 bits per heavy atom.